The van der Waals surface area contributed by atoms with Gasteiger partial charge in [-0.1, -0.05) is 12.2 Å². The van der Waals surface area contributed by atoms with Crippen LogP contribution in [0.4, 0.5) is 25.0 Å². The minimum atomic E-state index is -0.816. The second-order valence-corrected chi connectivity index (χ2v) is 8.07. The maximum atomic E-state index is 14.9. The first-order valence-corrected chi connectivity index (χ1v) is 10.4. The summed E-state index contributed by atoms with van der Waals surface area (Å²) in [5, 5.41) is 2.90. The van der Waals surface area contributed by atoms with Crippen LogP contribution in [0.15, 0.2) is 12.1 Å². The molecule has 1 unspecified atom stereocenters. The summed E-state index contributed by atoms with van der Waals surface area (Å²) in [4.78, 5) is 39.7. The number of anilines is 2. The molecule has 1 aromatic rings. The smallest absolute Gasteiger partial charge is 0.414 e. The average molecular weight is 470 g/mol. The van der Waals surface area contributed by atoms with Crippen LogP contribution in [-0.4, -0.2) is 79.8 Å². The molecule has 0 radical (unpaired) electrons. The van der Waals surface area contributed by atoms with E-state index in [2.05, 4.69) is 5.32 Å². The van der Waals surface area contributed by atoms with Gasteiger partial charge in [0.25, 0.3) is 5.91 Å². The highest BCUT2D eigenvalue weighted by Gasteiger charge is 2.34. The zero-order valence-corrected chi connectivity index (χ0v) is 18.5. The summed E-state index contributed by atoms with van der Waals surface area (Å²) in [6.07, 6.45) is -1.19. The highest BCUT2D eigenvalue weighted by molar-refractivity contribution is 7.80. The Balaban J connectivity index is 1.64. The fraction of sp³-hybridized carbons (Fsp3) is 0.500. The van der Waals surface area contributed by atoms with Crippen LogP contribution in [0.1, 0.15) is 13.8 Å². The molecule has 1 N–H and O–H groups in total. The summed E-state index contributed by atoms with van der Waals surface area (Å²) in [5.41, 5.74) is -0.159. The number of benzene rings is 1. The van der Waals surface area contributed by atoms with E-state index < -0.39 is 29.8 Å². The Kier molecular flexibility index (Phi) is 7.44. The summed E-state index contributed by atoms with van der Waals surface area (Å²) in [7, 11) is 0. The number of carbonyl (C=O) groups is 3. The van der Waals surface area contributed by atoms with Crippen LogP contribution in [-0.2, 0) is 19.1 Å². The van der Waals surface area contributed by atoms with Crippen LogP contribution < -0.4 is 15.1 Å². The van der Waals surface area contributed by atoms with Crippen molar-refractivity contribution in [3.8, 4) is 0 Å². The van der Waals surface area contributed by atoms with Crippen LogP contribution >= 0.6 is 12.2 Å². The fourth-order valence-corrected chi connectivity index (χ4v) is 3.62. The van der Waals surface area contributed by atoms with Gasteiger partial charge in [-0.25, -0.2) is 13.6 Å². The average Bonchev–Trinajstić information content (AvgIpc) is 3.11. The molecule has 174 valence electrons. The molecular weight excluding hydrogens is 446 g/mol. The predicted octanol–water partition coefficient (Wildman–Crippen LogP) is 1.44. The first-order valence-electron chi connectivity index (χ1n) is 10.0. The largest absolute Gasteiger partial charge is 0.456 e. The molecular formula is C20H24F2N4O5S. The summed E-state index contributed by atoms with van der Waals surface area (Å²) in [5.74, 6) is -2.55. The molecule has 32 heavy (non-hydrogen) atoms. The molecule has 0 aliphatic carbocycles. The number of cyclic esters (lactones) is 1. The van der Waals surface area contributed by atoms with Gasteiger partial charge < -0.3 is 24.6 Å². The SMILES string of the molecule is CC(=O)OCC(=O)N1CCN(c2c(F)cc(N3CC(CNC(C)=S)OC3=O)cc2F)CC1. The van der Waals surface area contributed by atoms with E-state index in [0.717, 1.165) is 12.1 Å². The van der Waals surface area contributed by atoms with Crippen molar-refractivity contribution in [2.75, 3.05) is 55.7 Å². The van der Waals surface area contributed by atoms with Crippen LogP contribution in [0.2, 0.25) is 0 Å². The number of nitrogens with one attached hydrogen (secondary N) is 1. The van der Waals surface area contributed by atoms with Crippen molar-refractivity contribution in [3.63, 3.8) is 0 Å². The third-order valence-corrected chi connectivity index (χ3v) is 5.26. The van der Waals surface area contributed by atoms with Gasteiger partial charge in [0.15, 0.2) is 18.2 Å². The number of carbonyl (C=O) groups excluding carboxylic acids is 3. The lowest BCUT2D eigenvalue weighted by Crippen LogP contribution is -2.50. The Morgan fingerprint density at radius 3 is 2.38 bits per heavy atom. The maximum absolute atomic E-state index is 14.9. The molecule has 0 spiro atoms. The number of thiocarbonyl (C=S) groups is 1. The highest BCUT2D eigenvalue weighted by atomic mass is 32.1. The fourth-order valence-electron chi connectivity index (χ4n) is 3.54. The van der Waals surface area contributed by atoms with Gasteiger partial charge in [-0.15, -0.1) is 0 Å². The van der Waals surface area contributed by atoms with E-state index in [-0.39, 0.29) is 56.6 Å². The number of ether oxygens (including phenoxy) is 2. The second-order valence-electron chi connectivity index (χ2n) is 7.46. The summed E-state index contributed by atoms with van der Waals surface area (Å²) >= 11 is 4.93. The van der Waals surface area contributed by atoms with E-state index >= 15 is 0 Å². The van der Waals surface area contributed by atoms with E-state index in [0.29, 0.717) is 11.5 Å². The number of esters is 1. The molecule has 12 heteroatoms. The maximum Gasteiger partial charge on any atom is 0.414 e. The zero-order chi connectivity index (χ0) is 23.4. The van der Waals surface area contributed by atoms with E-state index in [1.54, 1.807) is 6.92 Å². The molecule has 1 atom stereocenters. The minimum absolute atomic E-state index is 0.0607. The van der Waals surface area contributed by atoms with Crippen LogP contribution in [0.5, 0.6) is 0 Å². The Hall–Kier alpha value is -3.02. The summed E-state index contributed by atoms with van der Waals surface area (Å²) in [6, 6.07) is 2.19. The molecule has 2 aliphatic heterocycles. The minimum Gasteiger partial charge on any atom is -0.456 e. The normalized spacial score (nSPS) is 18.4. The predicted molar refractivity (Wildman–Crippen MR) is 116 cm³/mol. The lowest BCUT2D eigenvalue weighted by atomic mass is 10.2. The number of hydrogen-bond acceptors (Lipinski definition) is 7. The van der Waals surface area contributed by atoms with Gasteiger partial charge >= 0.3 is 12.1 Å². The molecule has 2 saturated heterocycles. The monoisotopic (exact) mass is 470 g/mol. The number of piperazine rings is 1. The number of amides is 2. The molecule has 2 fully saturated rings. The topological polar surface area (TPSA) is 91.4 Å². The lowest BCUT2D eigenvalue weighted by molar-refractivity contribution is -0.150. The summed E-state index contributed by atoms with van der Waals surface area (Å²) < 4.78 is 39.6. The molecule has 2 aliphatic rings. The Labute approximate surface area is 189 Å². The molecule has 9 nitrogen and oxygen atoms in total. The lowest BCUT2D eigenvalue weighted by Gasteiger charge is -2.36. The van der Waals surface area contributed by atoms with Gasteiger partial charge in [0, 0.05) is 45.2 Å². The van der Waals surface area contributed by atoms with Gasteiger partial charge in [-0.3, -0.25) is 14.5 Å². The first kappa shape index (κ1) is 23.6. The number of hydrogen-bond donors (Lipinski definition) is 1. The van der Waals surface area contributed by atoms with E-state index in [1.165, 1.54) is 21.6 Å². The van der Waals surface area contributed by atoms with Crippen molar-refractivity contribution in [2.24, 2.45) is 0 Å². The second kappa shape index (κ2) is 10.1. The highest BCUT2D eigenvalue weighted by Crippen LogP contribution is 2.31. The van der Waals surface area contributed by atoms with Crippen molar-refractivity contribution in [1.82, 2.24) is 10.2 Å². The van der Waals surface area contributed by atoms with Crippen molar-refractivity contribution >= 4 is 46.6 Å². The van der Waals surface area contributed by atoms with Crippen LogP contribution in [0.3, 0.4) is 0 Å². The molecule has 0 bridgehead atoms. The van der Waals surface area contributed by atoms with Gasteiger partial charge in [0.1, 0.15) is 11.8 Å². The molecule has 0 aromatic heterocycles. The third kappa shape index (κ3) is 5.61. The van der Waals surface area contributed by atoms with E-state index in [4.69, 9.17) is 21.7 Å². The number of nitrogens with zero attached hydrogens (tertiary/aromatic N) is 3. The Bertz CT molecular complexity index is 900. The molecule has 0 saturated carbocycles. The Morgan fingerprint density at radius 1 is 1.19 bits per heavy atom. The van der Waals surface area contributed by atoms with Crippen molar-refractivity contribution in [1.29, 1.82) is 0 Å². The molecule has 3 rings (SSSR count). The van der Waals surface area contributed by atoms with Crippen molar-refractivity contribution < 1.29 is 32.6 Å². The number of halogens is 2. The molecule has 2 heterocycles. The number of rotatable bonds is 6. The van der Waals surface area contributed by atoms with Crippen LogP contribution in [0.25, 0.3) is 0 Å². The Morgan fingerprint density at radius 2 is 1.81 bits per heavy atom. The first-order chi connectivity index (χ1) is 15.2. The quantitative estimate of drug-likeness (QED) is 0.494. The standard InChI is InChI=1S/C20H24F2N4O5S/c1-12(32)23-9-15-10-26(20(29)31-15)14-7-16(21)19(17(22)8-14)25-5-3-24(4-6-25)18(28)11-30-13(2)27/h7-8,15H,3-6,9-11H2,1-2H3,(H,23,32). The van der Waals surface area contributed by atoms with Gasteiger partial charge in [-0.05, 0) is 6.92 Å². The van der Waals surface area contributed by atoms with E-state index in [1.807, 2.05) is 0 Å². The van der Waals surface area contributed by atoms with Crippen LogP contribution in [0, 0.1) is 11.6 Å². The van der Waals surface area contributed by atoms with Gasteiger partial charge in [-0.2, -0.15) is 0 Å². The van der Waals surface area contributed by atoms with E-state index in [9.17, 15) is 23.2 Å². The molecule has 1 aromatic carbocycles. The third-order valence-electron chi connectivity index (χ3n) is 5.11. The van der Waals surface area contributed by atoms with Gasteiger partial charge in [0.05, 0.1) is 23.8 Å². The van der Waals surface area contributed by atoms with Crippen molar-refractivity contribution in [3.05, 3.63) is 23.8 Å². The molecule has 2 amide bonds. The zero-order valence-electron chi connectivity index (χ0n) is 17.7. The van der Waals surface area contributed by atoms with Crippen molar-refractivity contribution in [2.45, 2.75) is 20.0 Å². The van der Waals surface area contributed by atoms with Gasteiger partial charge in [0.2, 0.25) is 0 Å². The summed E-state index contributed by atoms with van der Waals surface area (Å²) in [6.45, 7) is 3.85.